The molecular weight excluding hydrogens is 270 g/mol. The molecule has 1 saturated carbocycles. The van der Waals surface area contributed by atoms with Gasteiger partial charge < -0.3 is 4.74 Å². The van der Waals surface area contributed by atoms with E-state index < -0.39 is 10.8 Å². The van der Waals surface area contributed by atoms with Gasteiger partial charge in [-0.1, -0.05) is 18.2 Å². The summed E-state index contributed by atoms with van der Waals surface area (Å²) in [5, 5.41) is 0. The minimum atomic E-state index is -0.869. The highest BCUT2D eigenvalue weighted by Gasteiger charge is 2.31. The summed E-state index contributed by atoms with van der Waals surface area (Å²) < 4.78 is 17.8. The average molecular weight is 293 g/mol. The molecule has 1 heterocycles. The number of rotatable bonds is 7. The quantitative estimate of drug-likeness (QED) is 0.772. The third-order valence-electron chi connectivity index (χ3n) is 4.15. The summed E-state index contributed by atoms with van der Waals surface area (Å²) in [6, 6.07) is 10.6. The minimum Gasteiger partial charge on any atom is -0.381 e. The van der Waals surface area contributed by atoms with E-state index in [1.54, 1.807) is 0 Å². The van der Waals surface area contributed by atoms with Gasteiger partial charge in [-0.2, -0.15) is 0 Å². The lowest BCUT2D eigenvalue weighted by Crippen LogP contribution is -2.35. The second-order valence-electron chi connectivity index (χ2n) is 5.82. The normalized spacial score (nSPS) is 24.1. The van der Waals surface area contributed by atoms with E-state index in [-0.39, 0.29) is 0 Å². The highest BCUT2D eigenvalue weighted by atomic mass is 32.2. The SMILES string of the molecule is O=[S@@](CCN(C[C@@H]1CCOC1)C1CC1)c1ccccc1. The van der Waals surface area contributed by atoms with Crippen molar-refractivity contribution in [3.63, 3.8) is 0 Å². The Morgan fingerprint density at radius 2 is 2.00 bits per heavy atom. The zero-order chi connectivity index (χ0) is 13.8. The van der Waals surface area contributed by atoms with Crippen LogP contribution in [-0.4, -0.2) is 47.2 Å². The van der Waals surface area contributed by atoms with E-state index in [9.17, 15) is 4.21 Å². The van der Waals surface area contributed by atoms with Crippen LogP contribution >= 0.6 is 0 Å². The summed E-state index contributed by atoms with van der Waals surface area (Å²) in [4.78, 5) is 3.49. The molecule has 4 heteroatoms. The van der Waals surface area contributed by atoms with Crippen molar-refractivity contribution in [2.75, 3.05) is 32.1 Å². The second-order valence-corrected chi connectivity index (χ2v) is 7.39. The minimum absolute atomic E-state index is 0.681. The van der Waals surface area contributed by atoms with Crippen LogP contribution in [0.2, 0.25) is 0 Å². The summed E-state index contributed by atoms with van der Waals surface area (Å²) in [6.07, 6.45) is 3.81. The highest BCUT2D eigenvalue weighted by molar-refractivity contribution is 7.85. The third kappa shape index (κ3) is 3.90. The van der Waals surface area contributed by atoms with Crippen LogP contribution in [0.4, 0.5) is 0 Å². The molecule has 1 aliphatic carbocycles. The van der Waals surface area contributed by atoms with Crippen LogP contribution < -0.4 is 0 Å². The molecule has 0 bridgehead atoms. The predicted octanol–water partition coefficient (Wildman–Crippen LogP) is 2.30. The van der Waals surface area contributed by atoms with E-state index in [4.69, 9.17) is 4.74 Å². The van der Waals surface area contributed by atoms with Crippen LogP contribution in [-0.2, 0) is 15.5 Å². The smallest absolute Gasteiger partial charge is 0.0542 e. The highest BCUT2D eigenvalue weighted by Crippen LogP contribution is 2.28. The molecule has 0 unspecified atom stereocenters. The van der Waals surface area contributed by atoms with Gasteiger partial charge in [0.2, 0.25) is 0 Å². The van der Waals surface area contributed by atoms with Crippen molar-refractivity contribution >= 4 is 10.8 Å². The van der Waals surface area contributed by atoms with Crippen LogP contribution in [0, 0.1) is 5.92 Å². The largest absolute Gasteiger partial charge is 0.381 e. The Kier molecular flexibility index (Phi) is 4.86. The predicted molar refractivity (Wildman–Crippen MR) is 81.2 cm³/mol. The van der Waals surface area contributed by atoms with Crippen LogP contribution in [0.25, 0.3) is 0 Å². The summed E-state index contributed by atoms with van der Waals surface area (Å²) in [6.45, 7) is 3.89. The van der Waals surface area contributed by atoms with Gasteiger partial charge in [0.1, 0.15) is 0 Å². The van der Waals surface area contributed by atoms with Crippen molar-refractivity contribution in [1.29, 1.82) is 0 Å². The summed E-state index contributed by atoms with van der Waals surface area (Å²) in [5.41, 5.74) is 0. The third-order valence-corrected chi connectivity index (χ3v) is 5.50. The van der Waals surface area contributed by atoms with Gasteiger partial charge in [-0.05, 0) is 37.3 Å². The molecule has 0 spiro atoms. The number of hydrogen-bond donors (Lipinski definition) is 0. The molecule has 1 aromatic carbocycles. The van der Waals surface area contributed by atoms with Crippen molar-refractivity contribution in [2.24, 2.45) is 5.92 Å². The molecule has 0 N–H and O–H groups in total. The topological polar surface area (TPSA) is 29.5 Å². The van der Waals surface area contributed by atoms with Gasteiger partial charge in [-0.15, -0.1) is 0 Å². The lowest BCUT2D eigenvalue weighted by atomic mass is 10.1. The van der Waals surface area contributed by atoms with Crippen molar-refractivity contribution in [3.05, 3.63) is 30.3 Å². The van der Waals surface area contributed by atoms with Crippen molar-refractivity contribution in [1.82, 2.24) is 4.90 Å². The number of nitrogens with zero attached hydrogens (tertiary/aromatic N) is 1. The van der Waals surface area contributed by atoms with E-state index in [1.165, 1.54) is 19.3 Å². The summed E-state index contributed by atoms with van der Waals surface area (Å²) in [5.74, 6) is 1.43. The summed E-state index contributed by atoms with van der Waals surface area (Å²) in [7, 11) is -0.869. The maximum absolute atomic E-state index is 12.3. The number of hydrogen-bond acceptors (Lipinski definition) is 3. The molecule has 1 saturated heterocycles. The van der Waals surface area contributed by atoms with Gasteiger partial charge in [-0.25, -0.2) is 0 Å². The molecule has 2 fully saturated rings. The molecule has 0 aromatic heterocycles. The Labute approximate surface area is 123 Å². The van der Waals surface area contributed by atoms with E-state index in [2.05, 4.69) is 4.90 Å². The Bertz CT molecular complexity index is 441. The Morgan fingerprint density at radius 3 is 2.65 bits per heavy atom. The first-order chi connectivity index (χ1) is 9.83. The van der Waals surface area contributed by atoms with Gasteiger partial charge >= 0.3 is 0 Å². The second kappa shape index (κ2) is 6.83. The molecular formula is C16H23NO2S. The Hall–Kier alpha value is -0.710. The first-order valence-electron chi connectivity index (χ1n) is 7.58. The maximum atomic E-state index is 12.3. The molecule has 3 nitrogen and oxygen atoms in total. The molecule has 3 rings (SSSR count). The molecule has 1 aromatic rings. The number of ether oxygens (including phenoxy) is 1. The van der Waals surface area contributed by atoms with Crippen LogP contribution in [0.3, 0.4) is 0 Å². The molecule has 1 aliphatic heterocycles. The van der Waals surface area contributed by atoms with E-state index >= 15 is 0 Å². The first-order valence-corrected chi connectivity index (χ1v) is 8.90. The number of benzene rings is 1. The zero-order valence-electron chi connectivity index (χ0n) is 11.9. The summed E-state index contributed by atoms with van der Waals surface area (Å²) >= 11 is 0. The average Bonchev–Trinajstić information content (AvgIpc) is 3.21. The van der Waals surface area contributed by atoms with Crippen LogP contribution in [0.1, 0.15) is 19.3 Å². The van der Waals surface area contributed by atoms with Crippen molar-refractivity contribution in [2.45, 2.75) is 30.2 Å². The molecule has 2 aliphatic rings. The first kappa shape index (κ1) is 14.2. The van der Waals surface area contributed by atoms with Gasteiger partial charge in [-0.3, -0.25) is 9.11 Å². The van der Waals surface area contributed by atoms with Crippen LogP contribution in [0.5, 0.6) is 0 Å². The Balaban J connectivity index is 1.50. The van der Waals surface area contributed by atoms with E-state index in [1.807, 2.05) is 30.3 Å². The van der Waals surface area contributed by atoms with Gasteiger partial charge in [0.05, 0.1) is 17.4 Å². The lowest BCUT2D eigenvalue weighted by molar-refractivity contribution is 0.167. The standard InChI is InChI=1S/C16H23NO2S/c18-20(16-4-2-1-3-5-16)11-9-17(15-6-7-15)12-14-8-10-19-13-14/h1-5,14-15H,6-13H2/t14-,20-/m0/s1. The molecule has 0 radical (unpaired) electrons. The molecule has 0 amide bonds. The maximum Gasteiger partial charge on any atom is 0.0542 e. The molecule has 110 valence electrons. The van der Waals surface area contributed by atoms with E-state index in [0.717, 1.165) is 43.0 Å². The van der Waals surface area contributed by atoms with Gasteiger partial charge in [0.25, 0.3) is 0 Å². The van der Waals surface area contributed by atoms with Crippen molar-refractivity contribution in [3.8, 4) is 0 Å². The fourth-order valence-corrected chi connectivity index (χ4v) is 3.91. The van der Waals surface area contributed by atoms with E-state index in [0.29, 0.717) is 5.92 Å². The lowest BCUT2D eigenvalue weighted by Gasteiger charge is -2.24. The van der Waals surface area contributed by atoms with Gasteiger partial charge in [0, 0.05) is 36.4 Å². The molecule has 20 heavy (non-hydrogen) atoms. The monoisotopic (exact) mass is 293 g/mol. The molecule has 2 atom stereocenters. The fraction of sp³-hybridized carbons (Fsp3) is 0.625. The fourth-order valence-electron chi connectivity index (χ4n) is 2.81. The van der Waals surface area contributed by atoms with Crippen molar-refractivity contribution < 1.29 is 8.95 Å². The Morgan fingerprint density at radius 1 is 1.20 bits per heavy atom. The van der Waals surface area contributed by atoms with Crippen LogP contribution in [0.15, 0.2) is 35.2 Å². The zero-order valence-corrected chi connectivity index (χ0v) is 12.7. The van der Waals surface area contributed by atoms with Gasteiger partial charge in [0.15, 0.2) is 0 Å².